The predicted octanol–water partition coefficient (Wildman–Crippen LogP) is 4.70. The van der Waals surface area contributed by atoms with Crippen LogP contribution in [0.4, 0.5) is 5.69 Å². The number of carbonyl (C=O) groups is 1. The van der Waals surface area contributed by atoms with Crippen molar-refractivity contribution in [3.8, 4) is 5.75 Å². The average molecular weight is 348 g/mol. The van der Waals surface area contributed by atoms with Crippen LogP contribution in [0.25, 0.3) is 0 Å². The van der Waals surface area contributed by atoms with Crippen LogP contribution in [0, 0.1) is 0 Å². The Morgan fingerprint density at radius 1 is 0.962 bits per heavy atom. The first kappa shape index (κ1) is 17.8. The number of hydrogen-bond donors (Lipinski definition) is 1. The van der Waals surface area contributed by atoms with Crippen molar-refractivity contribution >= 4 is 11.6 Å². The molecule has 0 radical (unpaired) electrons. The van der Waals surface area contributed by atoms with Crippen LogP contribution >= 0.6 is 0 Å². The van der Waals surface area contributed by atoms with E-state index in [1.165, 1.54) is 0 Å². The fraction of sp³-hybridized carbons (Fsp3) is 0.227. The maximum absolute atomic E-state index is 12.9. The van der Waals surface area contributed by atoms with E-state index in [0.717, 1.165) is 17.0 Å². The number of rotatable bonds is 7. The van der Waals surface area contributed by atoms with Crippen LogP contribution in [-0.2, 0) is 11.2 Å². The van der Waals surface area contributed by atoms with E-state index in [4.69, 9.17) is 4.74 Å². The summed E-state index contributed by atoms with van der Waals surface area (Å²) in [5.41, 5.74) is 1.89. The minimum atomic E-state index is -0.306. The van der Waals surface area contributed by atoms with Gasteiger partial charge in [-0.25, -0.2) is 0 Å². The fourth-order valence-corrected chi connectivity index (χ4v) is 2.84. The first-order chi connectivity index (χ1) is 12.6. The third-order valence-electron chi connectivity index (χ3n) is 4.06. The van der Waals surface area contributed by atoms with Crippen molar-refractivity contribution in [2.75, 3.05) is 5.32 Å². The molecule has 0 aliphatic heterocycles. The molecule has 2 aromatic carbocycles. The molecule has 3 rings (SSSR count). The molecule has 1 amide bonds. The highest BCUT2D eigenvalue weighted by molar-refractivity contribution is 5.94. The molecule has 0 spiro atoms. The molecule has 4 heteroatoms. The number of benzene rings is 2. The Balaban J connectivity index is 1.73. The second-order valence-electron chi connectivity index (χ2n) is 6.52. The van der Waals surface area contributed by atoms with Gasteiger partial charge in [0.2, 0.25) is 5.91 Å². The van der Waals surface area contributed by atoms with Gasteiger partial charge in [0.15, 0.2) is 0 Å². The zero-order valence-corrected chi connectivity index (χ0v) is 15.1. The summed E-state index contributed by atoms with van der Waals surface area (Å²) < 4.78 is 7.59. The first-order valence-electron chi connectivity index (χ1n) is 8.86. The van der Waals surface area contributed by atoms with E-state index >= 15 is 0 Å². The third kappa shape index (κ3) is 4.76. The van der Waals surface area contributed by atoms with Crippen LogP contribution in [0.2, 0.25) is 0 Å². The minimum Gasteiger partial charge on any atom is -0.491 e. The second kappa shape index (κ2) is 8.39. The summed E-state index contributed by atoms with van der Waals surface area (Å²) in [5, 5.41) is 3.02. The van der Waals surface area contributed by atoms with Gasteiger partial charge in [-0.05, 0) is 55.8 Å². The van der Waals surface area contributed by atoms with Gasteiger partial charge in [0.25, 0.3) is 0 Å². The van der Waals surface area contributed by atoms with Crippen molar-refractivity contribution in [1.82, 2.24) is 4.57 Å². The lowest BCUT2D eigenvalue weighted by molar-refractivity contribution is -0.119. The van der Waals surface area contributed by atoms with Gasteiger partial charge in [0.05, 0.1) is 6.10 Å². The molecular weight excluding hydrogens is 324 g/mol. The van der Waals surface area contributed by atoms with Crippen molar-refractivity contribution in [1.29, 1.82) is 0 Å². The fourth-order valence-electron chi connectivity index (χ4n) is 2.84. The molecule has 1 N–H and O–H groups in total. The highest BCUT2D eigenvalue weighted by Crippen LogP contribution is 2.20. The molecule has 3 aromatic rings. The summed E-state index contributed by atoms with van der Waals surface area (Å²) in [7, 11) is 0. The molecule has 134 valence electrons. The Bertz CT molecular complexity index is 809. The Morgan fingerprint density at radius 3 is 2.23 bits per heavy atom. The van der Waals surface area contributed by atoms with Crippen molar-refractivity contribution in [3.63, 3.8) is 0 Å². The number of amides is 1. The third-order valence-corrected chi connectivity index (χ3v) is 4.06. The van der Waals surface area contributed by atoms with Crippen LogP contribution in [0.3, 0.4) is 0 Å². The standard InChI is InChI=1S/C22H24N2O2/c1-17(2)26-20-12-10-19(11-13-20)23-22(25)21(24-14-6-7-15-24)16-18-8-4-3-5-9-18/h3-15,17,21H,16H2,1-2H3,(H,23,25). The summed E-state index contributed by atoms with van der Waals surface area (Å²) in [4.78, 5) is 12.9. The van der Waals surface area contributed by atoms with Crippen LogP contribution in [0.5, 0.6) is 5.75 Å². The van der Waals surface area contributed by atoms with Gasteiger partial charge in [-0.3, -0.25) is 4.79 Å². The van der Waals surface area contributed by atoms with Gasteiger partial charge in [-0.15, -0.1) is 0 Å². The number of nitrogens with one attached hydrogen (secondary N) is 1. The molecule has 1 heterocycles. The van der Waals surface area contributed by atoms with E-state index in [-0.39, 0.29) is 18.1 Å². The normalized spacial score (nSPS) is 12.0. The van der Waals surface area contributed by atoms with Crippen molar-refractivity contribution in [3.05, 3.63) is 84.7 Å². The van der Waals surface area contributed by atoms with Gasteiger partial charge >= 0.3 is 0 Å². The quantitative estimate of drug-likeness (QED) is 0.673. The highest BCUT2D eigenvalue weighted by Gasteiger charge is 2.20. The smallest absolute Gasteiger partial charge is 0.247 e. The number of carbonyl (C=O) groups excluding carboxylic acids is 1. The predicted molar refractivity (Wildman–Crippen MR) is 104 cm³/mol. The van der Waals surface area contributed by atoms with E-state index in [9.17, 15) is 4.79 Å². The molecular formula is C22H24N2O2. The lowest BCUT2D eigenvalue weighted by Gasteiger charge is -2.19. The molecule has 26 heavy (non-hydrogen) atoms. The van der Waals surface area contributed by atoms with Crippen molar-refractivity contribution in [2.24, 2.45) is 0 Å². The zero-order valence-electron chi connectivity index (χ0n) is 15.1. The first-order valence-corrected chi connectivity index (χ1v) is 8.86. The van der Waals surface area contributed by atoms with Crippen LogP contribution < -0.4 is 10.1 Å². The minimum absolute atomic E-state index is 0.0393. The SMILES string of the molecule is CC(C)Oc1ccc(NC(=O)C(Cc2ccccc2)n2cccc2)cc1. The maximum atomic E-state index is 12.9. The number of anilines is 1. The number of aromatic nitrogens is 1. The Kier molecular flexibility index (Phi) is 5.74. The summed E-state index contributed by atoms with van der Waals surface area (Å²) in [6.45, 7) is 3.97. The van der Waals surface area contributed by atoms with Crippen LogP contribution in [-0.4, -0.2) is 16.6 Å². The van der Waals surface area contributed by atoms with Crippen LogP contribution in [0.1, 0.15) is 25.5 Å². The number of ether oxygens (including phenoxy) is 1. The molecule has 0 fully saturated rings. The Hall–Kier alpha value is -3.01. The van der Waals surface area contributed by atoms with Gasteiger partial charge in [0.1, 0.15) is 11.8 Å². The molecule has 0 aliphatic carbocycles. The topological polar surface area (TPSA) is 43.3 Å². The lowest BCUT2D eigenvalue weighted by Crippen LogP contribution is -2.27. The molecule has 0 bridgehead atoms. The van der Waals surface area contributed by atoms with Gasteiger partial charge in [0, 0.05) is 24.5 Å². The van der Waals surface area contributed by atoms with Crippen LogP contribution in [0.15, 0.2) is 79.1 Å². The van der Waals surface area contributed by atoms with E-state index in [2.05, 4.69) is 5.32 Å². The second-order valence-corrected chi connectivity index (χ2v) is 6.52. The van der Waals surface area contributed by atoms with E-state index in [0.29, 0.717) is 6.42 Å². The molecule has 4 nitrogen and oxygen atoms in total. The molecule has 1 atom stereocenters. The molecule has 1 unspecified atom stereocenters. The number of nitrogens with zero attached hydrogens (tertiary/aromatic N) is 1. The monoisotopic (exact) mass is 348 g/mol. The van der Waals surface area contributed by atoms with Gasteiger partial charge in [-0.2, -0.15) is 0 Å². The molecule has 0 saturated carbocycles. The molecule has 0 saturated heterocycles. The summed E-state index contributed by atoms with van der Waals surface area (Å²) >= 11 is 0. The summed E-state index contributed by atoms with van der Waals surface area (Å²) in [6, 6.07) is 21.1. The van der Waals surface area contributed by atoms with E-state index in [1.54, 1.807) is 0 Å². The van der Waals surface area contributed by atoms with Crippen molar-refractivity contribution in [2.45, 2.75) is 32.4 Å². The average Bonchev–Trinajstić information content (AvgIpc) is 3.16. The Morgan fingerprint density at radius 2 is 1.62 bits per heavy atom. The number of hydrogen-bond acceptors (Lipinski definition) is 2. The maximum Gasteiger partial charge on any atom is 0.247 e. The van der Waals surface area contributed by atoms with Crippen molar-refractivity contribution < 1.29 is 9.53 Å². The van der Waals surface area contributed by atoms with E-state index in [1.807, 2.05) is 97.5 Å². The Labute approximate surface area is 154 Å². The summed E-state index contributed by atoms with van der Waals surface area (Å²) in [5.74, 6) is 0.756. The van der Waals surface area contributed by atoms with Gasteiger partial charge in [-0.1, -0.05) is 30.3 Å². The largest absolute Gasteiger partial charge is 0.491 e. The lowest BCUT2D eigenvalue weighted by atomic mass is 10.0. The zero-order chi connectivity index (χ0) is 18.4. The van der Waals surface area contributed by atoms with Gasteiger partial charge < -0.3 is 14.6 Å². The summed E-state index contributed by atoms with van der Waals surface area (Å²) in [6.07, 6.45) is 4.61. The molecule has 1 aromatic heterocycles. The highest BCUT2D eigenvalue weighted by atomic mass is 16.5. The van der Waals surface area contributed by atoms with E-state index < -0.39 is 0 Å². The molecule has 0 aliphatic rings.